The van der Waals surface area contributed by atoms with E-state index in [1.165, 1.54) is 22.3 Å². The van der Waals surface area contributed by atoms with E-state index in [0.29, 0.717) is 44.7 Å². The third-order valence-electron chi connectivity index (χ3n) is 6.39. The van der Waals surface area contributed by atoms with Crippen LogP contribution in [0.3, 0.4) is 0 Å². The molecule has 2 N–H and O–H groups in total. The van der Waals surface area contributed by atoms with E-state index < -0.39 is 29.8 Å². The zero-order valence-corrected chi connectivity index (χ0v) is 21.1. The predicted octanol–water partition coefficient (Wildman–Crippen LogP) is 5.06. The van der Waals surface area contributed by atoms with E-state index in [1.54, 1.807) is 12.3 Å². The second kappa shape index (κ2) is 11.4. The number of urea groups is 1. The molecule has 0 aliphatic carbocycles. The van der Waals surface area contributed by atoms with Gasteiger partial charge in [0.1, 0.15) is 5.69 Å². The Hall–Kier alpha value is -3.35. The summed E-state index contributed by atoms with van der Waals surface area (Å²) in [5.41, 5.74) is -0.0318. The largest absolute Gasteiger partial charge is 0.450 e. The lowest BCUT2D eigenvalue weighted by Crippen LogP contribution is -2.46. The van der Waals surface area contributed by atoms with Gasteiger partial charge >= 0.3 is 18.3 Å². The number of imide groups is 1. The number of aromatic nitrogens is 1. The molecule has 3 heterocycles. The number of alkyl carbamates (subject to hydrolysis) is 1. The number of carbonyl (C=O) groups is 3. The van der Waals surface area contributed by atoms with Gasteiger partial charge in [0.15, 0.2) is 0 Å². The van der Waals surface area contributed by atoms with Gasteiger partial charge in [0.25, 0.3) is 5.91 Å². The van der Waals surface area contributed by atoms with Crippen molar-refractivity contribution in [1.29, 1.82) is 0 Å². The van der Waals surface area contributed by atoms with Crippen molar-refractivity contribution in [3.05, 3.63) is 39.8 Å². The Bertz CT molecular complexity index is 1140. The first kappa shape index (κ1) is 26.7. The third kappa shape index (κ3) is 6.51. The van der Waals surface area contributed by atoms with Gasteiger partial charge in [0, 0.05) is 37.5 Å². The van der Waals surface area contributed by atoms with E-state index in [2.05, 4.69) is 15.6 Å². The molecule has 13 heteroatoms. The maximum absolute atomic E-state index is 13.3. The smallest absolute Gasteiger partial charge is 0.416 e. The Morgan fingerprint density at radius 3 is 2.49 bits per heavy atom. The molecule has 0 atom stereocenters. The molecule has 200 valence electrons. The summed E-state index contributed by atoms with van der Waals surface area (Å²) >= 11 is 1.30. The molecule has 4 amide bonds. The molecule has 1 aromatic heterocycles. The van der Waals surface area contributed by atoms with Gasteiger partial charge in [-0.15, -0.1) is 11.3 Å². The monoisotopic (exact) mass is 539 g/mol. The minimum absolute atomic E-state index is 0.0203. The molecule has 0 bridgehead atoms. The summed E-state index contributed by atoms with van der Waals surface area (Å²) in [6, 6.07) is 2.88. The van der Waals surface area contributed by atoms with Crippen molar-refractivity contribution in [1.82, 2.24) is 15.2 Å². The molecule has 2 aliphatic rings. The average Bonchev–Trinajstić information content (AvgIpc) is 3.56. The molecule has 0 radical (unpaired) electrons. The SMILES string of the molecule is CCOC(=O)NC(=O)N1CCC(c2nc(C(=O)Nc3cc(C(F)(F)F)ccc3N3CCCC3)cs2)CC1. The number of hydrogen-bond donors (Lipinski definition) is 2. The number of ether oxygens (including phenoxy) is 1. The molecular weight excluding hydrogens is 511 g/mol. The Morgan fingerprint density at radius 1 is 1.14 bits per heavy atom. The van der Waals surface area contributed by atoms with Crippen LogP contribution in [0.25, 0.3) is 0 Å². The van der Waals surface area contributed by atoms with Crippen LogP contribution in [0.15, 0.2) is 23.6 Å². The van der Waals surface area contributed by atoms with E-state index in [4.69, 9.17) is 4.74 Å². The van der Waals surface area contributed by atoms with Crippen molar-refractivity contribution in [2.75, 3.05) is 43.0 Å². The van der Waals surface area contributed by atoms with E-state index in [0.717, 1.165) is 30.0 Å². The Morgan fingerprint density at radius 2 is 1.84 bits per heavy atom. The zero-order chi connectivity index (χ0) is 26.6. The highest BCUT2D eigenvalue weighted by Gasteiger charge is 2.32. The topological polar surface area (TPSA) is 104 Å². The number of carbonyl (C=O) groups excluding carboxylic acids is 3. The molecule has 0 spiro atoms. The first-order valence-corrected chi connectivity index (χ1v) is 13.0. The van der Waals surface area contributed by atoms with Gasteiger partial charge < -0.3 is 19.9 Å². The van der Waals surface area contributed by atoms with E-state index in [9.17, 15) is 27.6 Å². The van der Waals surface area contributed by atoms with Crippen LogP contribution in [0.1, 0.15) is 59.6 Å². The quantitative estimate of drug-likeness (QED) is 0.551. The highest BCUT2D eigenvalue weighted by Crippen LogP contribution is 2.37. The van der Waals surface area contributed by atoms with Crippen molar-refractivity contribution >= 4 is 40.7 Å². The lowest BCUT2D eigenvalue weighted by atomic mass is 9.98. The van der Waals surface area contributed by atoms with Gasteiger partial charge in [-0.05, 0) is 50.8 Å². The fraction of sp³-hybridized carbons (Fsp3) is 0.500. The van der Waals surface area contributed by atoms with Crippen molar-refractivity contribution < 1.29 is 32.3 Å². The number of nitrogens with one attached hydrogen (secondary N) is 2. The highest BCUT2D eigenvalue weighted by atomic mass is 32.1. The number of nitrogens with zero attached hydrogens (tertiary/aromatic N) is 3. The molecule has 4 rings (SSSR count). The first-order chi connectivity index (χ1) is 17.7. The summed E-state index contributed by atoms with van der Waals surface area (Å²) in [6.07, 6.45) is -2.26. The van der Waals surface area contributed by atoms with Crippen LogP contribution < -0.4 is 15.5 Å². The zero-order valence-electron chi connectivity index (χ0n) is 20.3. The predicted molar refractivity (Wildman–Crippen MR) is 132 cm³/mol. The number of thiazole rings is 1. The van der Waals surface area contributed by atoms with Crippen molar-refractivity contribution in [3.63, 3.8) is 0 Å². The van der Waals surface area contributed by atoms with Gasteiger partial charge in [-0.3, -0.25) is 4.79 Å². The molecule has 0 saturated carbocycles. The molecule has 0 unspecified atom stereocenters. The fourth-order valence-electron chi connectivity index (χ4n) is 4.48. The van der Waals surface area contributed by atoms with Crippen molar-refractivity contribution in [3.8, 4) is 0 Å². The number of rotatable bonds is 5. The van der Waals surface area contributed by atoms with Gasteiger partial charge in [0.2, 0.25) is 0 Å². The molecule has 37 heavy (non-hydrogen) atoms. The maximum atomic E-state index is 13.3. The number of alkyl halides is 3. The second-order valence-electron chi connectivity index (χ2n) is 8.86. The second-order valence-corrected chi connectivity index (χ2v) is 9.75. The summed E-state index contributed by atoms with van der Waals surface area (Å²) in [5.74, 6) is -0.555. The molecular formula is C24H28F3N5O4S. The molecule has 1 aromatic carbocycles. The van der Waals surface area contributed by atoms with Crippen LogP contribution in [0, 0.1) is 0 Å². The Balaban J connectivity index is 1.41. The highest BCUT2D eigenvalue weighted by molar-refractivity contribution is 7.10. The van der Waals surface area contributed by atoms with Gasteiger partial charge in [-0.1, -0.05) is 0 Å². The minimum Gasteiger partial charge on any atom is -0.450 e. The molecule has 2 aliphatic heterocycles. The number of amides is 4. The third-order valence-corrected chi connectivity index (χ3v) is 7.40. The summed E-state index contributed by atoms with van der Waals surface area (Å²) < 4.78 is 44.7. The Labute approximate surface area is 216 Å². The first-order valence-electron chi connectivity index (χ1n) is 12.1. The standard InChI is InChI=1S/C24H28F3N5O4S/c1-2-36-23(35)30-22(34)32-11-7-15(8-12-32)21-29-18(14-37-21)20(33)28-17-13-16(24(25,26)27)5-6-19(17)31-9-3-4-10-31/h5-6,13-15H,2-4,7-12H2,1H3,(H,28,33)(H,30,34,35). The van der Waals surface area contributed by atoms with Crippen molar-refractivity contribution in [2.45, 2.75) is 44.7 Å². The molecule has 2 aromatic rings. The molecule has 2 fully saturated rings. The molecule has 9 nitrogen and oxygen atoms in total. The number of piperidine rings is 1. The summed E-state index contributed by atoms with van der Waals surface area (Å²) in [7, 11) is 0. The van der Waals surface area contributed by atoms with Crippen LogP contribution in [0.5, 0.6) is 0 Å². The Kier molecular flexibility index (Phi) is 8.20. The van der Waals surface area contributed by atoms with Crippen LogP contribution in [0.4, 0.5) is 34.1 Å². The van der Waals surface area contributed by atoms with Gasteiger partial charge in [0.05, 0.1) is 28.6 Å². The maximum Gasteiger partial charge on any atom is 0.416 e. The van der Waals surface area contributed by atoms with E-state index in [1.807, 2.05) is 4.90 Å². The minimum atomic E-state index is -4.53. The number of hydrogen-bond acceptors (Lipinski definition) is 7. The average molecular weight is 540 g/mol. The van der Waals surface area contributed by atoms with Crippen LogP contribution in [-0.2, 0) is 10.9 Å². The normalized spacial score (nSPS) is 16.5. The van der Waals surface area contributed by atoms with Gasteiger partial charge in [-0.25, -0.2) is 19.9 Å². The van der Waals surface area contributed by atoms with Crippen LogP contribution in [-0.4, -0.2) is 60.7 Å². The van der Waals surface area contributed by atoms with Gasteiger partial charge in [-0.2, -0.15) is 13.2 Å². The lowest BCUT2D eigenvalue weighted by Gasteiger charge is -2.30. The fourth-order valence-corrected chi connectivity index (χ4v) is 5.45. The van der Waals surface area contributed by atoms with E-state index in [-0.39, 0.29) is 23.9 Å². The lowest BCUT2D eigenvalue weighted by molar-refractivity contribution is -0.137. The van der Waals surface area contributed by atoms with E-state index >= 15 is 0 Å². The van der Waals surface area contributed by atoms with Crippen molar-refractivity contribution in [2.24, 2.45) is 0 Å². The molecule has 2 saturated heterocycles. The summed E-state index contributed by atoms with van der Waals surface area (Å²) in [4.78, 5) is 44.5. The number of halogens is 3. The number of likely N-dealkylation sites (tertiary alicyclic amines) is 1. The summed E-state index contributed by atoms with van der Waals surface area (Å²) in [5, 5.41) is 7.13. The van der Waals surface area contributed by atoms with Crippen LogP contribution in [0.2, 0.25) is 0 Å². The summed E-state index contributed by atoms with van der Waals surface area (Å²) in [6.45, 7) is 4.04. The van der Waals surface area contributed by atoms with Crippen LogP contribution >= 0.6 is 11.3 Å². The number of anilines is 2. The number of benzene rings is 1.